The fraction of sp³-hybridized carbons (Fsp3) is 0.250. The summed E-state index contributed by atoms with van der Waals surface area (Å²) in [6.45, 7) is 0.325. The van der Waals surface area contributed by atoms with Crippen molar-refractivity contribution in [3.05, 3.63) is 28.2 Å². The van der Waals surface area contributed by atoms with Gasteiger partial charge in [0.1, 0.15) is 0 Å². The highest BCUT2D eigenvalue weighted by atomic mass is 35.5. The second kappa shape index (κ2) is 9.29. The van der Waals surface area contributed by atoms with Crippen molar-refractivity contribution in [2.45, 2.75) is 12.8 Å². The number of urea groups is 1. The molecule has 22 heavy (non-hydrogen) atoms. The first-order valence-corrected chi connectivity index (χ1v) is 7.39. The van der Waals surface area contributed by atoms with E-state index in [1.807, 2.05) is 0 Å². The molecule has 0 saturated heterocycles. The molecule has 0 heterocycles. The van der Waals surface area contributed by atoms with Crippen LogP contribution in [0.4, 0.5) is 10.5 Å². The van der Waals surface area contributed by atoms with Crippen LogP contribution in [-0.2, 0) is 4.79 Å². The topological polar surface area (TPSA) is 108 Å². The van der Waals surface area contributed by atoms with Gasteiger partial charge in [0, 0.05) is 18.0 Å². The van der Waals surface area contributed by atoms with Crippen molar-refractivity contribution in [1.82, 2.24) is 16.2 Å². The molecule has 0 aliphatic rings. The number of primary amides is 1. The molecule has 10 heteroatoms. The van der Waals surface area contributed by atoms with Crippen LogP contribution in [0, 0.1) is 0 Å². The number of hydrogen-bond acceptors (Lipinski definition) is 3. The van der Waals surface area contributed by atoms with Crippen molar-refractivity contribution in [2.75, 3.05) is 11.9 Å². The second-order valence-electron chi connectivity index (χ2n) is 4.15. The van der Waals surface area contributed by atoms with Crippen LogP contribution in [0.1, 0.15) is 12.8 Å². The number of rotatable bonds is 5. The Kier molecular flexibility index (Phi) is 7.72. The van der Waals surface area contributed by atoms with Crippen LogP contribution in [-0.4, -0.2) is 23.6 Å². The first-order chi connectivity index (χ1) is 10.4. The maximum Gasteiger partial charge on any atom is 0.312 e. The average molecular weight is 364 g/mol. The second-order valence-corrected chi connectivity index (χ2v) is 5.40. The van der Waals surface area contributed by atoms with E-state index >= 15 is 0 Å². The summed E-state index contributed by atoms with van der Waals surface area (Å²) < 4.78 is 0. The summed E-state index contributed by atoms with van der Waals surface area (Å²) in [7, 11) is 0. The molecule has 1 aromatic rings. The SMILES string of the molecule is NC(=O)NCCCC(=O)NNC(=S)Nc1ccc(Cl)cc1Cl. The lowest BCUT2D eigenvalue weighted by Gasteiger charge is -2.12. The number of amides is 3. The zero-order valence-electron chi connectivity index (χ0n) is 11.4. The van der Waals surface area contributed by atoms with Gasteiger partial charge in [0.05, 0.1) is 10.7 Å². The number of carbonyl (C=O) groups is 2. The van der Waals surface area contributed by atoms with Gasteiger partial charge in [0.15, 0.2) is 5.11 Å². The minimum Gasteiger partial charge on any atom is -0.352 e. The highest BCUT2D eigenvalue weighted by Crippen LogP contribution is 2.25. The van der Waals surface area contributed by atoms with Crippen LogP contribution in [0.3, 0.4) is 0 Å². The molecule has 0 atom stereocenters. The molecule has 0 bridgehead atoms. The zero-order chi connectivity index (χ0) is 16.5. The molecule has 0 fully saturated rings. The standard InChI is InChI=1S/C12H15Cl2N5O2S/c13-7-3-4-9(8(14)6-7)17-12(22)19-18-10(20)2-1-5-16-11(15)21/h3-4,6H,1-2,5H2,(H,18,20)(H3,15,16,21)(H2,17,19,22). The minimum atomic E-state index is -0.622. The van der Waals surface area contributed by atoms with Crippen molar-refractivity contribution in [2.24, 2.45) is 5.73 Å². The molecule has 0 aliphatic heterocycles. The maximum absolute atomic E-state index is 11.5. The molecule has 0 saturated carbocycles. The van der Waals surface area contributed by atoms with Crippen LogP contribution < -0.4 is 27.2 Å². The van der Waals surface area contributed by atoms with Crippen molar-refractivity contribution in [3.8, 4) is 0 Å². The summed E-state index contributed by atoms with van der Waals surface area (Å²) in [6, 6.07) is 4.26. The maximum atomic E-state index is 11.5. The predicted octanol–water partition coefficient (Wildman–Crippen LogP) is 1.76. The van der Waals surface area contributed by atoms with Gasteiger partial charge in [-0.2, -0.15) is 0 Å². The molecule has 3 amide bonds. The smallest absolute Gasteiger partial charge is 0.312 e. The monoisotopic (exact) mass is 363 g/mol. The molecule has 0 aromatic heterocycles. The molecule has 0 radical (unpaired) electrons. The Morgan fingerprint density at radius 1 is 1.23 bits per heavy atom. The highest BCUT2D eigenvalue weighted by Gasteiger charge is 2.05. The Morgan fingerprint density at radius 3 is 2.59 bits per heavy atom. The third-order valence-corrected chi connectivity index (χ3v) is 3.13. The van der Waals surface area contributed by atoms with E-state index in [9.17, 15) is 9.59 Å². The van der Waals surface area contributed by atoms with E-state index in [0.29, 0.717) is 28.7 Å². The van der Waals surface area contributed by atoms with Gasteiger partial charge < -0.3 is 16.4 Å². The van der Waals surface area contributed by atoms with Crippen molar-refractivity contribution >= 4 is 58.2 Å². The molecule has 0 spiro atoms. The van der Waals surface area contributed by atoms with Gasteiger partial charge in [-0.15, -0.1) is 0 Å². The van der Waals surface area contributed by atoms with E-state index in [-0.39, 0.29) is 17.4 Å². The largest absolute Gasteiger partial charge is 0.352 e. The Bertz CT molecular complexity index is 570. The van der Waals surface area contributed by atoms with Crippen LogP contribution in [0.2, 0.25) is 10.0 Å². The van der Waals surface area contributed by atoms with Gasteiger partial charge in [-0.3, -0.25) is 15.6 Å². The third kappa shape index (κ3) is 7.30. The molecule has 6 N–H and O–H groups in total. The quantitative estimate of drug-likeness (QED) is 0.311. The first-order valence-electron chi connectivity index (χ1n) is 6.22. The number of carbonyl (C=O) groups excluding carboxylic acids is 2. The van der Waals surface area contributed by atoms with Crippen LogP contribution in [0.25, 0.3) is 0 Å². The van der Waals surface area contributed by atoms with E-state index in [1.54, 1.807) is 18.2 Å². The Hall–Kier alpha value is -1.77. The normalized spacial score (nSPS) is 9.73. The molecular formula is C12H15Cl2N5O2S. The zero-order valence-corrected chi connectivity index (χ0v) is 13.7. The molecule has 7 nitrogen and oxygen atoms in total. The van der Waals surface area contributed by atoms with Gasteiger partial charge >= 0.3 is 6.03 Å². The van der Waals surface area contributed by atoms with Gasteiger partial charge in [-0.1, -0.05) is 23.2 Å². The number of hydrogen-bond donors (Lipinski definition) is 5. The lowest BCUT2D eigenvalue weighted by molar-refractivity contribution is -0.121. The number of benzene rings is 1. The van der Waals surface area contributed by atoms with Crippen molar-refractivity contribution in [3.63, 3.8) is 0 Å². The lowest BCUT2D eigenvalue weighted by Crippen LogP contribution is -2.44. The number of nitrogens with one attached hydrogen (secondary N) is 4. The molecule has 1 aromatic carbocycles. The van der Waals surface area contributed by atoms with E-state index < -0.39 is 6.03 Å². The van der Waals surface area contributed by atoms with Gasteiger partial charge in [0.2, 0.25) is 5.91 Å². The van der Waals surface area contributed by atoms with Gasteiger partial charge in [-0.05, 0) is 36.8 Å². The number of nitrogens with two attached hydrogens (primary N) is 1. The minimum absolute atomic E-state index is 0.174. The Morgan fingerprint density at radius 2 is 1.95 bits per heavy atom. The number of halogens is 2. The van der Waals surface area contributed by atoms with Crippen molar-refractivity contribution in [1.29, 1.82) is 0 Å². The summed E-state index contributed by atoms with van der Waals surface area (Å²) in [5.74, 6) is -0.280. The summed E-state index contributed by atoms with van der Waals surface area (Å²) in [4.78, 5) is 21.9. The predicted molar refractivity (Wildman–Crippen MR) is 90.8 cm³/mol. The summed E-state index contributed by atoms with van der Waals surface area (Å²) >= 11 is 16.8. The van der Waals surface area contributed by atoms with E-state index in [4.69, 9.17) is 41.2 Å². The first kappa shape index (κ1) is 18.3. The Balaban J connectivity index is 2.27. The molecule has 0 aliphatic carbocycles. The fourth-order valence-electron chi connectivity index (χ4n) is 1.39. The van der Waals surface area contributed by atoms with Gasteiger partial charge in [-0.25, -0.2) is 4.79 Å². The van der Waals surface area contributed by atoms with E-state index in [0.717, 1.165) is 0 Å². The van der Waals surface area contributed by atoms with Crippen LogP contribution in [0.5, 0.6) is 0 Å². The summed E-state index contributed by atoms with van der Waals surface area (Å²) in [6.07, 6.45) is 0.664. The van der Waals surface area contributed by atoms with Crippen LogP contribution >= 0.6 is 35.4 Å². The molecule has 0 unspecified atom stereocenters. The average Bonchev–Trinajstić information content (AvgIpc) is 2.44. The summed E-state index contributed by atoms with van der Waals surface area (Å²) in [5, 5.41) is 6.28. The highest BCUT2D eigenvalue weighted by molar-refractivity contribution is 7.80. The van der Waals surface area contributed by atoms with Crippen molar-refractivity contribution < 1.29 is 9.59 Å². The van der Waals surface area contributed by atoms with E-state index in [2.05, 4.69) is 21.5 Å². The van der Waals surface area contributed by atoms with Gasteiger partial charge in [0.25, 0.3) is 0 Å². The van der Waals surface area contributed by atoms with Crippen LogP contribution in [0.15, 0.2) is 18.2 Å². The lowest BCUT2D eigenvalue weighted by atomic mass is 10.3. The number of anilines is 1. The molecule has 1 rings (SSSR count). The molecular weight excluding hydrogens is 349 g/mol. The van der Waals surface area contributed by atoms with E-state index in [1.165, 1.54) is 0 Å². The molecule has 120 valence electrons. The summed E-state index contributed by atoms with van der Waals surface area (Å²) in [5.41, 5.74) is 10.4. The number of hydrazine groups is 1. The third-order valence-electron chi connectivity index (χ3n) is 2.37. The fourth-order valence-corrected chi connectivity index (χ4v) is 2.01. The number of thiocarbonyl (C=S) groups is 1. The Labute approximate surface area is 142 Å².